The zero-order chi connectivity index (χ0) is 11.5. The second-order valence-corrected chi connectivity index (χ2v) is 4.21. The SMILES string of the molecule is O=C(O)C(S)Cc1ccc2ncccc2c1. The van der Waals surface area contributed by atoms with Crippen molar-refractivity contribution < 1.29 is 9.90 Å². The molecule has 0 amide bonds. The first-order chi connectivity index (χ1) is 7.66. The molecule has 0 radical (unpaired) electrons. The Labute approximate surface area is 98.5 Å². The Morgan fingerprint density at radius 3 is 3.00 bits per heavy atom. The standard InChI is InChI=1S/C12H11NO2S/c14-12(15)11(16)7-8-3-4-10-9(6-8)2-1-5-13-10/h1-6,11,16H,7H2,(H,14,15). The molecule has 3 nitrogen and oxygen atoms in total. The number of hydrogen-bond donors (Lipinski definition) is 2. The van der Waals surface area contributed by atoms with Crippen LogP contribution in [-0.4, -0.2) is 21.3 Å². The van der Waals surface area contributed by atoms with Crippen LogP contribution in [0.15, 0.2) is 36.5 Å². The Kier molecular flexibility index (Phi) is 3.10. The molecule has 82 valence electrons. The number of thiol groups is 1. The normalized spacial score (nSPS) is 12.6. The maximum Gasteiger partial charge on any atom is 0.316 e. The summed E-state index contributed by atoms with van der Waals surface area (Å²) in [5, 5.41) is 9.13. The highest BCUT2D eigenvalue weighted by molar-refractivity contribution is 7.81. The van der Waals surface area contributed by atoms with Gasteiger partial charge in [0, 0.05) is 11.6 Å². The van der Waals surface area contributed by atoms with E-state index in [0.29, 0.717) is 6.42 Å². The highest BCUT2D eigenvalue weighted by Gasteiger charge is 2.12. The van der Waals surface area contributed by atoms with Crippen molar-refractivity contribution in [3.63, 3.8) is 0 Å². The number of aliphatic carboxylic acids is 1. The molecule has 1 atom stereocenters. The van der Waals surface area contributed by atoms with Crippen LogP contribution in [0.3, 0.4) is 0 Å². The lowest BCUT2D eigenvalue weighted by Crippen LogP contribution is -2.16. The van der Waals surface area contributed by atoms with Crippen LogP contribution in [0.4, 0.5) is 0 Å². The fourth-order valence-electron chi connectivity index (χ4n) is 1.56. The van der Waals surface area contributed by atoms with E-state index in [0.717, 1.165) is 16.5 Å². The van der Waals surface area contributed by atoms with Crippen LogP contribution in [-0.2, 0) is 11.2 Å². The summed E-state index contributed by atoms with van der Waals surface area (Å²) in [5.74, 6) is -0.894. The van der Waals surface area contributed by atoms with Gasteiger partial charge in [-0.05, 0) is 30.2 Å². The molecule has 2 aromatic rings. The van der Waals surface area contributed by atoms with Gasteiger partial charge in [-0.25, -0.2) is 0 Å². The number of carboxylic acid groups (broad SMARTS) is 1. The summed E-state index contributed by atoms with van der Waals surface area (Å²) in [6, 6.07) is 9.56. The third-order valence-electron chi connectivity index (χ3n) is 2.38. The number of carbonyl (C=O) groups is 1. The van der Waals surface area contributed by atoms with Crippen LogP contribution in [0.5, 0.6) is 0 Å². The molecule has 1 aromatic heterocycles. The van der Waals surface area contributed by atoms with Crippen molar-refractivity contribution in [1.29, 1.82) is 0 Å². The molecule has 4 heteroatoms. The Hall–Kier alpha value is -1.55. The largest absolute Gasteiger partial charge is 0.480 e. The summed E-state index contributed by atoms with van der Waals surface area (Å²) >= 11 is 4.02. The third kappa shape index (κ3) is 2.33. The maximum atomic E-state index is 10.7. The molecule has 1 aromatic carbocycles. The lowest BCUT2D eigenvalue weighted by molar-refractivity contribution is -0.136. The van der Waals surface area contributed by atoms with E-state index in [1.165, 1.54) is 0 Å². The van der Waals surface area contributed by atoms with Gasteiger partial charge in [-0.3, -0.25) is 9.78 Å². The van der Waals surface area contributed by atoms with Crippen LogP contribution >= 0.6 is 12.6 Å². The molecular weight excluding hydrogens is 222 g/mol. The van der Waals surface area contributed by atoms with Crippen LogP contribution in [0.25, 0.3) is 10.9 Å². The smallest absolute Gasteiger partial charge is 0.316 e. The Bertz CT molecular complexity index is 527. The van der Waals surface area contributed by atoms with Gasteiger partial charge in [0.1, 0.15) is 5.25 Å². The second kappa shape index (κ2) is 4.53. The lowest BCUT2D eigenvalue weighted by Gasteiger charge is -2.06. The molecule has 0 saturated heterocycles. The summed E-state index contributed by atoms with van der Waals surface area (Å²) in [7, 11) is 0. The molecule has 0 aliphatic rings. The topological polar surface area (TPSA) is 50.2 Å². The van der Waals surface area contributed by atoms with Crippen molar-refractivity contribution in [2.45, 2.75) is 11.7 Å². The highest BCUT2D eigenvalue weighted by atomic mass is 32.1. The minimum atomic E-state index is -0.894. The first-order valence-electron chi connectivity index (χ1n) is 4.91. The summed E-state index contributed by atoms with van der Waals surface area (Å²) in [4.78, 5) is 14.9. The third-order valence-corrected chi connectivity index (χ3v) is 2.78. The molecule has 0 fully saturated rings. The molecule has 0 aliphatic carbocycles. The zero-order valence-electron chi connectivity index (χ0n) is 8.50. The van der Waals surface area contributed by atoms with Gasteiger partial charge in [0.25, 0.3) is 0 Å². The number of aromatic nitrogens is 1. The van der Waals surface area contributed by atoms with Gasteiger partial charge in [0.15, 0.2) is 0 Å². The summed E-state index contributed by atoms with van der Waals surface area (Å²) in [6.45, 7) is 0. The van der Waals surface area contributed by atoms with Crippen molar-refractivity contribution >= 4 is 29.5 Å². The minimum absolute atomic E-state index is 0.420. The average molecular weight is 233 g/mol. The number of nitrogens with zero attached hydrogens (tertiary/aromatic N) is 1. The van der Waals surface area contributed by atoms with Gasteiger partial charge in [0.2, 0.25) is 0 Å². The predicted octanol–water partition coefficient (Wildman–Crippen LogP) is 2.16. The summed E-state index contributed by atoms with van der Waals surface area (Å²) in [6.07, 6.45) is 2.16. The predicted molar refractivity (Wildman–Crippen MR) is 65.9 cm³/mol. The molecule has 1 N–H and O–H groups in total. The fraction of sp³-hybridized carbons (Fsp3) is 0.167. The van der Waals surface area contributed by atoms with E-state index in [4.69, 9.17) is 5.11 Å². The van der Waals surface area contributed by atoms with Crippen LogP contribution in [0.2, 0.25) is 0 Å². The maximum absolute atomic E-state index is 10.7. The van der Waals surface area contributed by atoms with E-state index in [9.17, 15) is 4.79 Å². The molecule has 2 rings (SSSR count). The molecular formula is C12H11NO2S. The van der Waals surface area contributed by atoms with Crippen molar-refractivity contribution in [1.82, 2.24) is 4.98 Å². The van der Waals surface area contributed by atoms with Gasteiger partial charge < -0.3 is 5.11 Å². The molecule has 0 saturated carbocycles. The zero-order valence-corrected chi connectivity index (χ0v) is 9.39. The first-order valence-corrected chi connectivity index (χ1v) is 5.43. The van der Waals surface area contributed by atoms with Crippen molar-refractivity contribution in [3.05, 3.63) is 42.1 Å². The monoisotopic (exact) mass is 233 g/mol. The molecule has 0 bridgehead atoms. The van der Waals surface area contributed by atoms with Crippen LogP contribution in [0.1, 0.15) is 5.56 Å². The number of benzene rings is 1. The first kappa shape index (κ1) is 11.0. The summed E-state index contributed by atoms with van der Waals surface area (Å²) < 4.78 is 0. The van der Waals surface area contributed by atoms with Crippen LogP contribution < -0.4 is 0 Å². The van der Waals surface area contributed by atoms with E-state index in [1.807, 2.05) is 30.3 Å². The molecule has 16 heavy (non-hydrogen) atoms. The van der Waals surface area contributed by atoms with E-state index in [-0.39, 0.29) is 0 Å². The van der Waals surface area contributed by atoms with Crippen molar-refractivity contribution in [2.75, 3.05) is 0 Å². The van der Waals surface area contributed by atoms with Gasteiger partial charge in [-0.1, -0.05) is 12.1 Å². The van der Waals surface area contributed by atoms with Crippen LogP contribution in [0, 0.1) is 0 Å². The van der Waals surface area contributed by atoms with Gasteiger partial charge in [-0.15, -0.1) is 0 Å². The van der Waals surface area contributed by atoms with E-state index in [1.54, 1.807) is 6.20 Å². The van der Waals surface area contributed by atoms with Crippen molar-refractivity contribution in [3.8, 4) is 0 Å². The Balaban J connectivity index is 2.29. The Morgan fingerprint density at radius 1 is 1.44 bits per heavy atom. The fourth-order valence-corrected chi connectivity index (χ4v) is 1.77. The summed E-state index contributed by atoms with van der Waals surface area (Å²) in [5.41, 5.74) is 1.88. The number of fused-ring (bicyclic) bond motifs is 1. The molecule has 1 unspecified atom stereocenters. The lowest BCUT2D eigenvalue weighted by atomic mass is 10.1. The van der Waals surface area contributed by atoms with E-state index >= 15 is 0 Å². The number of rotatable bonds is 3. The number of pyridine rings is 1. The van der Waals surface area contributed by atoms with Gasteiger partial charge in [-0.2, -0.15) is 12.6 Å². The molecule has 1 heterocycles. The van der Waals surface area contributed by atoms with E-state index in [2.05, 4.69) is 17.6 Å². The number of hydrogen-bond acceptors (Lipinski definition) is 3. The van der Waals surface area contributed by atoms with E-state index < -0.39 is 11.2 Å². The van der Waals surface area contributed by atoms with Gasteiger partial charge in [0.05, 0.1) is 5.52 Å². The molecule has 0 aliphatic heterocycles. The average Bonchev–Trinajstić information content (AvgIpc) is 2.28. The van der Waals surface area contributed by atoms with Gasteiger partial charge >= 0.3 is 5.97 Å². The van der Waals surface area contributed by atoms with Crippen molar-refractivity contribution in [2.24, 2.45) is 0 Å². The minimum Gasteiger partial charge on any atom is -0.480 e. The highest BCUT2D eigenvalue weighted by Crippen LogP contribution is 2.15. The Morgan fingerprint density at radius 2 is 2.25 bits per heavy atom. The number of carboxylic acids is 1. The molecule has 0 spiro atoms. The second-order valence-electron chi connectivity index (χ2n) is 3.59. The quantitative estimate of drug-likeness (QED) is 0.799.